The van der Waals surface area contributed by atoms with Gasteiger partial charge in [-0.25, -0.2) is 0 Å². The van der Waals surface area contributed by atoms with E-state index >= 15 is 0 Å². The molecule has 6 rings (SSSR count). The van der Waals surface area contributed by atoms with Crippen LogP contribution in [-0.4, -0.2) is 166 Å². The first-order valence-electron chi connectivity index (χ1n) is 25.2. The number of hydrogen-bond acceptors (Lipinski definition) is 16. The van der Waals surface area contributed by atoms with Gasteiger partial charge in [0.1, 0.15) is 23.4 Å². The summed E-state index contributed by atoms with van der Waals surface area (Å²) in [6.45, 7) is 8.27. The van der Waals surface area contributed by atoms with Crippen molar-refractivity contribution in [1.29, 1.82) is 0 Å². The molecular weight excluding hydrogens is 988 g/mol. The van der Waals surface area contributed by atoms with Crippen molar-refractivity contribution in [2.75, 3.05) is 134 Å². The van der Waals surface area contributed by atoms with Crippen LogP contribution in [0.2, 0.25) is 5.02 Å². The van der Waals surface area contributed by atoms with Crippen molar-refractivity contribution in [3.8, 4) is 28.7 Å². The number of aromatic nitrogens is 3. The van der Waals surface area contributed by atoms with Crippen LogP contribution in [0, 0.1) is 6.92 Å². The zero-order valence-electron chi connectivity index (χ0n) is 43.5. The van der Waals surface area contributed by atoms with E-state index in [1.807, 2.05) is 84.3 Å². The Morgan fingerprint density at radius 2 is 1.16 bits per heavy atom. The number of fused-ring (bicyclic) bond motifs is 3. The predicted molar refractivity (Wildman–Crippen MR) is 282 cm³/mol. The molecule has 0 saturated carbocycles. The first kappa shape index (κ1) is 58.1. The lowest BCUT2D eigenvalue weighted by Gasteiger charge is -2.14. The number of aliphatic imine (C=N–C) groups is 1. The van der Waals surface area contributed by atoms with Crippen LogP contribution in [0.15, 0.2) is 89.9 Å². The summed E-state index contributed by atoms with van der Waals surface area (Å²) >= 11 is 6.22. The number of rotatable bonds is 37. The maximum Gasteiger partial charge on any atom is 0.258 e. The largest absolute Gasteiger partial charge is 0.497 e. The average molecular weight is 1060 g/mol. The molecule has 75 heavy (non-hydrogen) atoms. The maximum atomic E-state index is 13.2. The minimum absolute atomic E-state index is 0.0607. The lowest BCUT2D eigenvalue weighted by Crippen LogP contribution is -2.31. The molecule has 0 spiro atoms. The Bertz CT molecular complexity index is 2530. The molecule has 4 aromatic carbocycles. The van der Waals surface area contributed by atoms with Gasteiger partial charge in [-0.1, -0.05) is 41.9 Å². The summed E-state index contributed by atoms with van der Waals surface area (Å²) in [6.07, 6.45) is 2.80. The monoisotopic (exact) mass is 1060 g/mol. The highest BCUT2D eigenvalue weighted by Gasteiger charge is 2.30. The molecule has 20 heteroatoms. The first-order valence-corrected chi connectivity index (χ1v) is 25.6. The van der Waals surface area contributed by atoms with Crippen molar-refractivity contribution in [2.45, 2.75) is 38.6 Å². The fourth-order valence-electron chi connectivity index (χ4n) is 7.89. The molecule has 2 N–H and O–H groups in total. The number of nitrogens with one attached hydrogen (secondary N) is 2. The highest BCUT2D eigenvalue weighted by molar-refractivity contribution is 6.30. The third-order valence-corrected chi connectivity index (χ3v) is 11.9. The van der Waals surface area contributed by atoms with E-state index in [4.69, 9.17) is 68.7 Å². The Morgan fingerprint density at radius 3 is 1.75 bits per heavy atom. The molecule has 1 aliphatic rings. The Labute approximate surface area is 444 Å². The van der Waals surface area contributed by atoms with Gasteiger partial charge in [-0.05, 0) is 91.9 Å². The molecule has 0 bridgehead atoms. The van der Waals surface area contributed by atoms with E-state index < -0.39 is 6.04 Å². The van der Waals surface area contributed by atoms with Gasteiger partial charge >= 0.3 is 0 Å². The molecule has 406 valence electrons. The summed E-state index contributed by atoms with van der Waals surface area (Å²) in [5.41, 5.74) is 5.54. The van der Waals surface area contributed by atoms with E-state index in [2.05, 4.69) is 33.0 Å². The summed E-state index contributed by atoms with van der Waals surface area (Å²) < 4.78 is 63.0. The number of benzene rings is 4. The van der Waals surface area contributed by atoms with Gasteiger partial charge in [0, 0.05) is 29.2 Å². The van der Waals surface area contributed by atoms with Gasteiger partial charge in [-0.2, -0.15) is 0 Å². The Morgan fingerprint density at radius 1 is 0.587 bits per heavy atom. The van der Waals surface area contributed by atoms with Crippen LogP contribution < -0.4 is 29.6 Å². The molecular formula is C55H71ClN6O13. The van der Waals surface area contributed by atoms with Crippen LogP contribution in [0.3, 0.4) is 0 Å². The first-order chi connectivity index (χ1) is 36.8. The normalized spacial score (nSPS) is 12.8. The van der Waals surface area contributed by atoms with E-state index in [0.29, 0.717) is 139 Å². The SMILES string of the molecule is COc1ccc2c(c1)C(c1ccc(Cl)cc1)=N[C@@H](CC(=O)NCCOCCOCCOCCOCCOCCOCCOCCNC(=O)COc1cccc(CCCc3ccc(OC)c(OC)c3)c1)c1nnc(C)n1-2. The molecule has 0 radical (unpaired) electrons. The van der Waals surface area contributed by atoms with Crippen LogP contribution in [0.1, 0.15) is 52.8 Å². The van der Waals surface area contributed by atoms with Gasteiger partial charge in [0.05, 0.1) is 132 Å². The molecule has 2 amide bonds. The molecule has 1 atom stereocenters. The molecule has 2 heterocycles. The number of amides is 2. The van der Waals surface area contributed by atoms with E-state index in [1.165, 1.54) is 5.56 Å². The fourth-order valence-corrected chi connectivity index (χ4v) is 8.02. The van der Waals surface area contributed by atoms with Crippen LogP contribution in [0.25, 0.3) is 5.69 Å². The summed E-state index contributed by atoms with van der Waals surface area (Å²) in [7, 11) is 4.88. The maximum absolute atomic E-state index is 13.2. The average Bonchev–Trinajstić information content (AvgIpc) is 3.75. The molecule has 0 aliphatic carbocycles. The van der Waals surface area contributed by atoms with Gasteiger partial charge in [0.25, 0.3) is 5.91 Å². The molecule has 0 fully saturated rings. The molecule has 0 saturated heterocycles. The standard InChI is InChI=1S/C55H71ClN6O13/c1-40-60-61-55-48(59-54(43-12-14-44(56)15-13-43)47-37-45(65-2)16-17-49(47)62(40)55)38-52(63)57-19-21-68-23-25-70-27-29-72-31-33-74-34-32-73-30-28-71-26-24-69-22-20-58-53(64)39-75-46-10-6-9-41(35-46)7-5-8-42-11-18-50(66-3)51(36-42)67-4/h6,9-18,35-37,48H,5,7-8,19-34,38-39H2,1-4H3,(H,57,63)(H,58,64)/t48-/m0/s1. The molecule has 19 nitrogen and oxygen atoms in total. The van der Waals surface area contributed by atoms with Gasteiger partial charge in [0.15, 0.2) is 23.9 Å². The zero-order valence-corrected chi connectivity index (χ0v) is 44.2. The number of ether oxygens (including phenoxy) is 11. The molecule has 5 aromatic rings. The van der Waals surface area contributed by atoms with Crippen molar-refractivity contribution in [2.24, 2.45) is 4.99 Å². The molecule has 1 aromatic heterocycles. The number of hydrogen-bond donors (Lipinski definition) is 2. The van der Waals surface area contributed by atoms with Gasteiger partial charge in [0.2, 0.25) is 5.91 Å². The lowest BCUT2D eigenvalue weighted by atomic mass is 10.00. The third kappa shape index (κ3) is 19.8. The fraction of sp³-hybridized carbons (Fsp3) is 0.473. The van der Waals surface area contributed by atoms with Crippen molar-refractivity contribution in [1.82, 2.24) is 25.4 Å². The summed E-state index contributed by atoms with van der Waals surface area (Å²) in [6, 6.07) is 26.4. The zero-order chi connectivity index (χ0) is 52.9. The van der Waals surface area contributed by atoms with E-state index in [9.17, 15) is 9.59 Å². The quantitative estimate of drug-likeness (QED) is 0.0429. The van der Waals surface area contributed by atoms with Crippen LogP contribution in [0.4, 0.5) is 0 Å². The number of carbonyl (C=O) groups is 2. The number of carbonyl (C=O) groups excluding carboxylic acids is 2. The number of methoxy groups -OCH3 is 3. The van der Waals surface area contributed by atoms with Crippen molar-refractivity contribution >= 4 is 29.1 Å². The smallest absolute Gasteiger partial charge is 0.258 e. The second-order valence-corrected chi connectivity index (χ2v) is 17.4. The van der Waals surface area contributed by atoms with E-state index in [0.717, 1.165) is 53.1 Å². The lowest BCUT2D eigenvalue weighted by molar-refractivity contribution is -0.123. The summed E-state index contributed by atoms with van der Waals surface area (Å²) in [4.78, 5) is 30.6. The second-order valence-electron chi connectivity index (χ2n) is 17.0. The van der Waals surface area contributed by atoms with Gasteiger partial charge < -0.3 is 62.7 Å². The number of nitrogens with zero attached hydrogens (tertiary/aromatic N) is 4. The highest BCUT2D eigenvalue weighted by Crippen LogP contribution is 2.35. The van der Waals surface area contributed by atoms with Crippen molar-refractivity contribution in [3.63, 3.8) is 0 Å². The van der Waals surface area contributed by atoms with Gasteiger partial charge in [-0.3, -0.25) is 19.1 Å². The van der Waals surface area contributed by atoms with Crippen molar-refractivity contribution < 1.29 is 61.7 Å². The minimum atomic E-state index is -0.603. The summed E-state index contributed by atoms with van der Waals surface area (Å²) in [5, 5.41) is 15.1. The third-order valence-electron chi connectivity index (χ3n) is 11.6. The minimum Gasteiger partial charge on any atom is -0.497 e. The summed E-state index contributed by atoms with van der Waals surface area (Å²) in [5.74, 6) is 3.62. The van der Waals surface area contributed by atoms with Crippen molar-refractivity contribution in [3.05, 3.63) is 124 Å². The number of aryl methyl sites for hydroxylation is 3. The Hall–Kier alpha value is -6.16. The van der Waals surface area contributed by atoms with Gasteiger partial charge in [-0.15, -0.1) is 10.2 Å². The predicted octanol–water partition coefficient (Wildman–Crippen LogP) is 6.14. The number of halogens is 1. The Kier molecular flexibility index (Phi) is 25.6. The Balaban J connectivity index is 0.689. The van der Waals surface area contributed by atoms with Crippen LogP contribution in [-0.2, 0) is 55.6 Å². The topological polar surface area (TPSA) is 203 Å². The second kappa shape index (κ2) is 33.0. The molecule has 1 aliphatic heterocycles. The van der Waals surface area contributed by atoms with E-state index in [-0.39, 0.29) is 24.8 Å². The van der Waals surface area contributed by atoms with E-state index in [1.54, 1.807) is 21.3 Å². The van der Waals surface area contributed by atoms with Crippen LogP contribution in [0.5, 0.6) is 23.0 Å². The molecule has 0 unspecified atom stereocenters. The van der Waals surface area contributed by atoms with Crippen LogP contribution >= 0.6 is 11.6 Å². The highest BCUT2D eigenvalue weighted by atomic mass is 35.5.